The molecule has 0 atom stereocenters. The summed E-state index contributed by atoms with van der Waals surface area (Å²) in [6.45, 7) is 6.76. The maximum absolute atomic E-state index is 5.61. The van der Waals surface area contributed by atoms with Crippen molar-refractivity contribution < 1.29 is 0 Å². The molecule has 0 amide bonds. The lowest BCUT2D eigenvalue weighted by Gasteiger charge is -2.47. The van der Waals surface area contributed by atoms with Crippen LogP contribution in [0.2, 0.25) is 0 Å². The van der Waals surface area contributed by atoms with Crippen molar-refractivity contribution in [2.45, 2.75) is 13.8 Å². The summed E-state index contributed by atoms with van der Waals surface area (Å²) in [5.74, 6) is 0.599. The molecule has 1 fully saturated rings. The molecule has 0 aromatic carbocycles. The fraction of sp³-hybridized carbons (Fsp3) is 0.500. The Hall–Kier alpha value is -1.25. The Morgan fingerprint density at radius 1 is 1.46 bits per heavy atom. The maximum atomic E-state index is 5.61. The Balaban J connectivity index is 2.11. The second-order valence-corrected chi connectivity index (χ2v) is 4.46. The van der Waals surface area contributed by atoms with Gasteiger partial charge < -0.3 is 10.6 Å². The van der Waals surface area contributed by atoms with Gasteiger partial charge in [0.2, 0.25) is 0 Å². The molecule has 3 nitrogen and oxygen atoms in total. The van der Waals surface area contributed by atoms with Crippen LogP contribution in [0, 0.1) is 5.41 Å². The Kier molecular flexibility index (Phi) is 1.68. The maximum Gasteiger partial charge on any atom is 0.125 e. The molecule has 2 N–H and O–H groups in total. The molecule has 2 heterocycles. The summed E-state index contributed by atoms with van der Waals surface area (Å²) in [5.41, 5.74) is 7.25. The first-order valence-corrected chi connectivity index (χ1v) is 4.53. The number of anilines is 2. The molecule has 0 bridgehead atoms. The quantitative estimate of drug-likeness (QED) is 0.707. The summed E-state index contributed by atoms with van der Waals surface area (Å²) in [5, 5.41) is 0. The molecule has 0 unspecified atom stereocenters. The van der Waals surface area contributed by atoms with Gasteiger partial charge in [0, 0.05) is 31.0 Å². The lowest BCUT2D eigenvalue weighted by Crippen LogP contribution is -2.53. The monoisotopic (exact) mass is 177 g/mol. The fourth-order valence-electron chi connectivity index (χ4n) is 1.80. The van der Waals surface area contributed by atoms with Gasteiger partial charge in [0.15, 0.2) is 0 Å². The van der Waals surface area contributed by atoms with Crippen molar-refractivity contribution in [1.29, 1.82) is 0 Å². The van der Waals surface area contributed by atoms with Gasteiger partial charge in [0.1, 0.15) is 5.82 Å². The molecule has 1 aliphatic rings. The van der Waals surface area contributed by atoms with Crippen LogP contribution in [0.5, 0.6) is 0 Å². The van der Waals surface area contributed by atoms with Gasteiger partial charge in [-0.3, -0.25) is 0 Å². The Bertz CT molecular complexity index is 312. The summed E-state index contributed by atoms with van der Waals surface area (Å²) in [6, 6.07) is 3.93. The highest BCUT2D eigenvalue weighted by Gasteiger charge is 2.34. The molecule has 0 radical (unpaired) electrons. The van der Waals surface area contributed by atoms with Crippen molar-refractivity contribution in [3.8, 4) is 0 Å². The summed E-state index contributed by atoms with van der Waals surface area (Å²) < 4.78 is 0. The third-order valence-corrected chi connectivity index (χ3v) is 2.37. The third kappa shape index (κ3) is 1.59. The molecule has 70 valence electrons. The fourth-order valence-corrected chi connectivity index (χ4v) is 1.80. The van der Waals surface area contributed by atoms with E-state index in [2.05, 4.69) is 23.7 Å². The van der Waals surface area contributed by atoms with E-state index in [9.17, 15) is 0 Å². The average molecular weight is 177 g/mol. The normalized spacial score (nSPS) is 19.7. The minimum Gasteiger partial charge on any atom is -0.384 e. The van der Waals surface area contributed by atoms with Gasteiger partial charge in [-0.1, -0.05) is 13.8 Å². The highest BCUT2D eigenvalue weighted by atomic mass is 15.2. The number of nitrogen functional groups attached to an aromatic ring is 1. The van der Waals surface area contributed by atoms with Crippen molar-refractivity contribution in [1.82, 2.24) is 4.98 Å². The van der Waals surface area contributed by atoms with E-state index in [0.717, 1.165) is 13.1 Å². The van der Waals surface area contributed by atoms with Crippen molar-refractivity contribution in [2.75, 3.05) is 23.7 Å². The number of pyridine rings is 1. The number of hydrogen-bond donors (Lipinski definition) is 1. The molecule has 3 heteroatoms. The van der Waals surface area contributed by atoms with Gasteiger partial charge in [0.05, 0.1) is 0 Å². The molecule has 1 aliphatic heterocycles. The van der Waals surface area contributed by atoms with E-state index in [-0.39, 0.29) is 0 Å². The topological polar surface area (TPSA) is 42.2 Å². The summed E-state index contributed by atoms with van der Waals surface area (Å²) in [6.07, 6.45) is 1.76. The smallest absolute Gasteiger partial charge is 0.125 e. The van der Waals surface area contributed by atoms with Crippen LogP contribution in [0.4, 0.5) is 11.5 Å². The van der Waals surface area contributed by atoms with E-state index in [4.69, 9.17) is 5.73 Å². The SMILES string of the molecule is CC1(C)CN(c2ccnc(N)c2)C1. The summed E-state index contributed by atoms with van der Waals surface area (Å²) >= 11 is 0. The third-order valence-electron chi connectivity index (χ3n) is 2.37. The highest BCUT2D eigenvalue weighted by Crippen LogP contribution is 2.33. The van der Waals surface area contributed by atoms with Crippen LogP contribution in [0.1, 0.15) is 13.8 Å². The number of aromatic nitrogens is 1. The highest BCUT2D eigenvalue weighted by molar-refractivity contribution is 5.54. The summed E-state index contributed by atoms with van der Waals surface area (Å²) in [7, 11) is 0. The first-order valence-electron chi connectivity index (χ1n) is 4.53. The standard InChI is InChI=1S/C10H15N3/c1-10(2)6-13(7-10)8-3-4-12-9(11)5-8/h3-5H,6-7H2,1-2H3,(H2,11,12). The van der Waals surface area contributed by atoms with E-state index in [1.807, 2.05) is 12.1 Å². The van der Waals surface area contributed by atoms with Gasteiger partial charge in [-0.15, -0.1) is 0 Å². The minimum absolute atomic E-state index is 0.456. The molecule has 0 saturated carbocycles. The van der Waals surface area contributed by atoms with Crippen LogP contribution in [0.25, 0.3) is 0 Å². The average Bonchev–Trinajstić information content (AvgIpc) is 2.00. The molecule has 0 spiro atoms. The lowest BCUT2D eigenvalue weighted by molar-refractivity contribution is 0.276. The Morgan fingerprint density at radius 3 is 2.69 bits per heavy atom. The van der Waals surface area contributed by atoms with E-state index < -0.39 is 0 Å². The van der Waals surface area contributed by atoms with E-state index >= 15 is 0 Å². The van der Waals surface area contributed by atoms with Crippen LogP contribution >= 0.6 is 0 Å². The van der Waals surface area contributed by atoms with Gasteiger partial charge in [-0.2, -0.15) is 0 Å². The largest absolute Gasteiger partial charge is 0.384 e. The molecular weight excluding hydrogens is 162 g/mol. The number of rotatable bonds is 1. The Labute approximate surface area is 78.6 Å². The van der Waals surface area contributed by atoms with Crippen molar-refractivity contribution >= 4 is 11.5 Å². The van der Waals surface area contributed by atoms with Gasteiger partial charge >= 0.3 is 0 Å². The lowest BCUT2D eigenvalue weighted by atomic mass is 9.84. The number of hydrogen-bond acceptors (Lipinski definition) is 3. The first-order chi connectivity index (χ1) is 6.07. The van der Waals surface area contributed by atoms with Crippen molar-refractivity contribution in [3.63, 3.8) is 0 Å². The molecular formula is C10H15N3. The van der Waals surface area contributed by atoms with E-state index in [1.165, 1.54) is 5.69 Å². The van der Waals surface area contributed by atoms with E-state index in [0.29, 0.717) is 11.2 Å². The second-order valence-electron chi connectivity index (χ2n) is 4.46. The predicted molar refractivity (Wildman–Crippen MR) is 54.6 cm³/mol. The molecule has 1 aromatic rings. The van der Waals surface area contributed by atoms with Crippen LogP contribution in [-0.2, 0) is 0 Å². The van der Waals surface area contributed by atoms with Gasteiger partial charge in [0.25, 0.3) is 0 Å². The minimum atomic E-state index is 0.456. The van der Waals surface area contributed by atoms with Crippen LogP contribution in [0.3, 0.4) is 0 Å². The summed E-state index contributed by atoms with van der Waals surface area (Å²) in [4.78, 5) is 6.29. The zero-order valence-electron chi connectivity index (χ0n) is 8.12. The molecule has 1 saturated heterocycles. The zero-order valence-corrected chi connectivity index (χ0v) is 8.12. The van der Waals surface area contributed by atoms with Crippen molar-refractivity contribution in [3.05, 3.63) is 18.3 Å². The molecule has 2 rings (SSSR count). The Morgan fingerprint density at radius 2 is 2.15 bits per heavy atom. The van der Waals surface area contributed by atoms with Gasteiger partial charge in [-0.25, -0.2) is 4.98 Å². The van der Waals surface area contributed by atoms with Crippen LogP contribution in [0.15, 0.2) is 18.3 Å². The molecule has 0 aliphatic carbocycles. The van der Waals surface area contributed by atoms with Crippen LogP contribution in [-0.4, -0.2) is 18.1 Å². The number of nitrogens with zero attached hydrogens (tertiary/aromatic N) is 2. The molecule has 1 aromatic heterocycles. The first kappa shape index (κ1) is 8.35. The zero-order chi connectivity index (χ0) is 9.47. The van der Waals surface area contributed by atoms with Crippen molar-refractivity contribution in [2.24, 2.45) is 5.41 Å². The number of nitrogens with two attached hydrogens (primary N) is 1. The van der Waals surface area contributed by atoms with E-state index in [1.54, 1.807) is 6.20 Å². The van der Waals surface area contributed by atoms with Crippen LogP contribution < -0.4 is 10.6 Å². The van der Waals surface area contributed by atoms with Gasteiger partial charge in [-0.05, 0) is 11.5 Å². The second kappa shape index (κ2) is 2.62. The molecule has 13 heavy (non-hydrogen) atoms. The predicted octanol–water partition coefficient (Wildman–Crippen LogP) is 1.51.